The predicted octanol–water partition coefficient (Wildman–Crippen LogP) is 2.83. The molecular weight excluding hydrogens is 429 g/mol. The van der Waals surface area contributed by atoms with Gasteiger partial charge in [0.25, 0.3) is 0 Å². The van der Waals surface area contributed by atoms with Gasteiger partial charge in [0, 0.05) is 32.9 Å². The number of aliphatic imine (C=N–C) groups is 1. The molecule has 0 aliphatic rings. The van der Waals surface area contributed by atoms with Crippen molar-refractivity contribution in [1.82, 2.24) is 20.4 Å². The first-order valence-corrected chi connectivity index (χ1v) is 8.39. The molecule has 0 saturated carbocycles. The van der Waals surface area contributed by atoms with Gasteiger partial charge >= 0.3 is 0 Å². The van der Waals surface area contributed by atoms with Crippen LogP contribution >= 0.6 is 24.0 Å². The van der Waals surface area contributed by atoms with Gasteiger partial charge in [-0.1, -0.05) is 18.2 Å². The van der Waals surface area contributed by atoms with E-state index < -0.39 is 0 Å². The lowest BCUT2D eigenvalue weighted by Gasteiger charge is -2.12. The average molecular weight is 457 g/mol. The summed E-state index contributed by atoms with van der Waals surface area (Å²) >= 11 is 0. The third kappa shape index (κ3) is 8.76. The third-order valence-electron chi connectivity index (χ3n) is 3.47. The van der Waals surface area contributed by atoms with Crippen molar-refractivity contribution in [3.8, 4) is 5.75 Å². The molecule has 1 heterocycles. The fraction of sp³-hybridized carbons (Fsp3) is 0.444. The molecule has 2 aromatic rings. The Morgan fingerprint density at radius 1 is 1.16 bits per heavy atom. The Balaban J connectivity index is 0.00000312. The molecule has 0 amide bonds. The van der Waals surface area contributed by atoms with Crippen molar-refractivity contribution in [2.75, 3.05) is 26.7 Å². The summed E-state index contributed by atoms with van der Waals surface area (Å²) in [7, 11) is 1.78. The van der Waals surface area contributed by atoms with Crippen LogP contribution in [0.1, 0.15) is 18.4 Å². The van der Waals surface area contributed by atoms with E-state index in [4.69, 9.17) is 4.74 Å². The molecule has 0 radical (unpaired) electrons. The number of guanidine groups is 1. The first-order chi connectivity index (χ1) is 11.8. The number of nitrogens with one attached hydrogen (secondary N) is 2. The molecule has 0 atom stereocenters. The van der Waals surface area contributed by atoms with Crippen molar-refractivity contribution in [3.63, 3.8) is 0 Å². The molecule has 0 fully saturated rings. The summed E-state index contributed by atoms with van der Waals surface area (Å²) < 4.78 is 7.63. The van der Waals surface area contributed by atoms with Crippen molar-refractivity contribution in [3.05, 3.63) is 48.3 Å². The fourth-order valence-corrected chi connectivity index (χ4v) is 2.24. The van der Waals surface area contributed by atoms with Crippen LogP contribution in [0.4, 0.5) is 0 Å². The summed E-state index contributed by atoms with van der Waals surface area (Å²) in [4.78, 5) is 4.22. The molecule has 1 aromatic heterocycles. The van der Waals surface area contributed by atoms with Gasteiger partial charge in [-0.25, -0.2) is 0 Å². The Kier molecular flexibility index (Phi) is 10.7. The second-order valence-electron chi connectivity index (χ2n) is 5.58. The molecule has 1 aromatic carbocycles. The zero-order chi connectivity index (χ0) is 17.0. The summed E-state index contributed by atoms with van der Waals surface area (Å²) in [5.74, 6) is 1.74. The molecule has 0 spiro atoms. The Labute approximate surface area is 167 Å². The number of rotatable bonds is 9. The highest BCUT2D eigenvalue weighted by atomic mass is 127. The van der Waals surface area contributed by atoms with Gasteiger partial charge in [0.1, 0.15) is 5.75 Å². The van der Waals surface area contributed by atoms with E-state index in [0.29, 0.717) is 6.61 Å². The van der Waals surface area contributed by atoms with E-state index in [2.05, 4.69) is 33.8 Å². The number of hydrogen-bond donors (Lipinski definition) is 2. The van der Waals surface area contributed by atoms with Crippen LogP contribution in [-0.2, 0) is 6.54 Å². The smallest absolute Gasteiger partial charge is 0.190 e. The average Bonchev–Trinajstić information content (AvgIpc) is 3.02. The SMILES string of the molecule is CN=C(NCCCOc1ccccc1)NCCCn1cc(C)cn1.I. The molecule has 138 valence electrons. The third-order valence-corrected chi connectivity index (χ3v) is 3.47. The molecule has 7 heteroatoms. The van der Waals surface area contributed by atoms with Crippen LogP contribution in [0.25, 0.3) is 0 Å². The van der Waals surface area contributed by atoms with Gasteiger partial charge in [-0.2, -0.15) is 5.10 Å². The highest BCUT2D eigenvalue weighted by molar-refractivity contribution is 14.0. The van der Waals surface area contributed by atoms with Crippen molar-refractivity contribution < 1.29 is 4.74 Å². The van der Waals surface area contributed by atoms with Gasteiger partial charge in [0.05, 0.1) is 12.8 Å². The molecule has 0 aliphatic carbocycles. The largest absolute Gasteiger partial charge is 0.494 e. The van der Waals surface area contributed by atoms with Gasteiger partial charge < -0.3 is 15.4 Å². The topological polar surface area (TPSA) is 63.5 Å². The summed E-state index contributed by atoms with van der Waals surface area (Å²) in [6, 6.07) is 9.87. The van der Waals surface area contributed by atoms with Gasteiger partial charge in [-0.05, 0) is 37.5 Å². The van der Waals surface area contributed by atoms with Gasteiger partial charge in [-0.15, -0.1) is 24.0 Å². The second kappa shape index (κ2) is 12.6. The maximum absolute atomic E-state index is 5.66. The minimum atomic E-state index is 0. The van der Waals surface area contributed by atoms with Crippen molar-refractivity contribution in [1.29, 1.82) is 0 Å². The number of ether oxygens (including phenoxy) is 1. The highest BCUT2D eigenvalue weighted by Gasteiger charge is 1.98. The van der Waals surface area contributed by atoms with Crippen molar-refractivity contribution >= 4 is 29.9 Å². The number of hydrogen-bond acceptors (Lipinski definition) is 3. The number of aryl methyl sites for hydroxylation is 2. The van der Waals surface area contributed by atoms with Crippen LogP contribution in [-0.4, -0.2) is 42.5 Å². The van der Waals surface area contributed by atoms with E-state index in [1.165, 1.54) is 5.56 Å². The Morgan fingerprint density at radius 3 is 2.52 bits per heavy atom. The maximum Gasteiger partial charge on any atom is 0.190 e. The van der Waals surface area contributed by atoms with Crippen molar-refractivity contribution in [2.24, 2.45) is 4.99 Å². The molecule has 6 nitrogen and oxygen atoms in total. The first-order valence-electron chi connectivity index (χ1n) is 8.39. The molecule has 0 saturated heterocycles. The number of para-hydroxylation sites is 1. The Hall–Kier alpha value is -1.77. The van der Waals surface area contributed by atoms with Crippen LogP contribution in [0, 0.1) is 6.92 Å². The molecule has 0 aliphatic heterocycles. The number of aromatic nitrogens is 2. The number of nitrogens with zero attached hydrogens (tertiary/aromatic N) is 3. The van der Waals surface area contributed by atoms with Crippen LogP contribution in [0.2, 0.25) is 0 Å². The number of halogens is 1. The summed E-state index contributed by atoms with van der Waals surface area (Å²) in [5.41, 5.74) is 1.19. The molecule has 25 heavy (non-hydrogen) atoms. The maximum atomic E-state index is 5.66. The molecule has 0 unspecified atom stereocenters. The molecule has 2 N–H and O–H groups in total. The summed E-state index contributed by atoms with van der Waals surface area (Å²) in [5, 5.41) is 10.9. The highest BCUT2D eigenvalue weighted by Crippen LogP contribution is 2.07. The zero-order valence-electron chi connectivity index (χ0n) is 14.9. The van der Waals surface area contributed by atoms with Crippen molar-refractivity contribution in [2.45, 2.75) is 26.3 Å². The standard InChI is InChI=1S/C18H27N5O.HI/c1-16-14-22-23(15-16)12-6-10-20-18(19-2)21-11-7-13-24-17-8-4-3-5-9-17;/h3-5,8-9,14-15H,6-7,10-13H2,1-2H3,(H2,19,20,21);1H. The van der Waals surface area contributed by atoms with Gasteiger partial charge in [0.15, 0.2) is 5.96 Å². The van der Waals surface area contributed by atoms with E-state index in [-0.39, 0.29) is 24.0 Å². The zero-order valence-corrected chi connectivity index (χ0v) is 17.3. The van der Waals surface area contributed by atoms with Gasteiger partial charge in [-0.3, -0.25) is 9.67 Å². The van der Waals surface area contributed by atoms with Crippen LogP contribution in [0.5, 0.6) is 5.75 Å². The quantitative estimate of drug-likeness (QED) is 0.263. The minimum absolute atomic E-state index is 0. The monoisotopic (exact) mass is 457 g/mol. The van der Waals surface area contributed by atoms with E-state index in [1.807, 2.05) is 41.2 Å². The summed E-state index contributed by atoms with van der Waals surface area (Å²) in [6.45, 7) is 5.33. The molecule has 2 rings (SSSR count). The Bertz CT molecular complexity index is 615. The molecular formula is C18H28IN5O. The second-order valence-corrected chi connectivity index (χ2v) is 5.58. The van der Waals surface area contributed by atoms with E-state index in [1.54, 1.807) is 7.05 Å². The lowest BCUT2D eigenvalue weighted by Crippen LogP contribution is -2.38. The molecule has 0 bridgehead atoms. The first kappa shape index (κ1) is 21.3. The minimum Gasteiger partial charge on any atom is -0.494 e. The number of benzene rings is 1. The summed E-state index contributed by atoms with van der Waals surface area (Å²) in [6.07, 6.45) is 5.85. The van der Waals surface area contributed by atoms with E-state index in [0.717, 1.165) is 44.2 Å². The van der Waals surface area contributed by atoms with Crippen LogP contribution < -0.4 is 15.4 Å². The van der Waals surface area contributed by atoms with E-state index >= 15 is 0 Å². The fourth-order valence-electron chi connectivity index (χ4n) is 2.24. The predicted molar refractivity (Wildman–Crippen MR) is 113 cm³/mol. The van der Waals surface area contributed by atoms with E-state index in [9.17, 15) is 0 Å². The lowest BCUT2D eigenvalue weighted by molar-refractivity contribution is 0.311. The van der Waals surface area contributed by atoms with Crippen LogP contribution in [0.15, 0.2) is 47.7 Å². The normalized spacial score (nSPS) is 10.9. The lowest BCUT2D eigenvalue weighted by atomic mass is 10.3. The van der Waals surface area contributed by atoms with Crippen LogP contribution in [0.3, 0.4) is 0 Å². The Morgan fingerprint density at radius 2 is 1.88 bits per heavy atom. The van der Waals surface area contributed by atoms with Gasteiger partial charge in [0.2, 0.25) is 0 Å².